The van der Waals surface area contributed by atoms with Crippen LogP contribution in [0.25, 0.3) is 10.6 Å². The molecular formula is C18H19ClN2O3S. The lowest BCUT2D eigenvalue weighted by molar-refractivity contribution is -0.137. The second-order valence-electron chi connectivity index (χ2n) is 6.24. The van der Waals surface area contributed by atoms with E-state index in [1.807, 2.05) is 12.1 Å². The number of carbonyl (C=O) groups is 2. The maximum absolute atomic E-state index is 12.7. The Morgan fingerprint density at radius 1 is 1.32 bits per heavy atom. The van der Waals surface area contributed by atoms with Gasteiger partial charge in [-0.25, -0.2) is 4.98 Å². The van der Waals surface area contributed by atoms with Crippen LogP contribution in [0.4, 0.5) is 0 Å². The van der Waals surface area contributed by atoms with Crippen LogP contribution >= 0.6 is 22.9 Å². The molecule has 25 heavy (non-hydrogen) atoms. The van der Waals surface area contributed by atoms with Crippen LogP contribution in [0.3, 0.4) is 0 Å². The summed E-state index contributed by atoms with van der Waals surface area (Å²) in [5.41, 5.74) is 1.39. The zero-order chi connectivity index (χ0) is 17.8. The van der Waals surface area contributed by atoms with Crippen LogP contribution in [0.5, 0.6) is 0 Å². The van der Waals surface area contributed by atoms with Crippen molar-refractivity contribution in [3.05, 3.63) is 40.4 Å². The minimum absolute atomic E-state index is 0.0727. The summed E-state index contributed by atoms with van der Waals surface area (Å²) in [6, 6.07) is 7.38. The number of halogens is 1. The summed E-state index contributed by atoms with van der Waals surface area (Å²) in [6.07, 6.45) is 2.66. The molecule has 1 aliphatic heterocycles. The SMILES string of the molecule is O=C(O)CCC1CCCN(C(=O)c2csc(-c3ccc(Cl)cc3)n2)C1. The van der Waals surface area contributed by atoms with Gasteiger partial charge < -0.3 is 10.0 Å². The smallest absolute Gasteiger partial charge is 0.303 e. The number of hydrogen-bond donors (Lipinski definition) is 1. The first kappa shape index (κ1) is 17.9. The Morgan fingerprint density at radius 3 is 2.80 bits per heavy atom. The summed E-state index contributed by atoms with van der Waals surface area (Å²) in [5.74, 6) is -0.602. The molecular weight excluding hydrogens is 360 g/mol. The van der Waals surface area contributed by atoms with Crippen molar-refractivity contribution in [2.24, 2.45) is 5.92 Å². The fraction of sp³-hybridized carbons (Fsp3) is 0.389. The summed E-state index contributed by atoms with van der Waals surface area (Å²) in [7, 11) is 0. The van der Waals surface area contributed by atoms with E-state index in [1.165, 1.54) is 11.3 Å². The van der Waals surface area contributed by atoms with Gasteiger partial charge in [-0.15, -0.1) is 11.3 Å². The third kappa shape index (κ3) is 4.58. The number of aromatic nitrogens is 1. The van der Waals surface area contributed by atoms with Crippen molar-refractivity contribution in [3.63, 3.8) is 0 Å². The third-order valence-electron chi connectivity index (χ3n) is 4.39. The lowest BCUT2D eigenvalue weighted by Crippen LogP contribution is -2.40. The Labute approximate surface area is 155 Å². The Bertz CT molecular complexity index is 760. The van der Waals surface area contributed by atoms with Gasteiger partial charge in [0, 0.05) is 35.5 Å². The maximum Gasteiger partial charge on any atom is 0.303 e. The lowest BCUT2D eigenvalue weighted by atomic mass is 9.93. The van der Waals surface area contributed by atoms with Gasteiger partial charge in [0.2, 0.25) is 0 Å². The Morgan fingerprint density at radius 2 is 2.08 bits per heavy atom. The minimum Gasteiger partial charge on any atom is -0.481 e. The van der Waals surface area contributed by atoms with Crippen molar-refractivity contribution in [1.82, 2.24) is 9.88 Å². The van der Waals surface area contributed by atoms with Crippen LogP contribution in [-0.2, 0) is 4.79 Å². The molecule has 1 N–H and O–H groups in total. The maximum atomic E-state index is 12.7. The molecule has 1 amide bonds. The molecule has 1 unspecified atom stereocenters. The summed E-state index contributed by atoms with van der Waals surface area (Å²) >= 11 is 7.34. The average molecular weight is 379 g/mol. The molecule has 0 radical (unpaired) electrons. The molecule has 7 heteroatoms. The molecule has 2 heterocycles. The molecule has 3 rings (SSSR count). The highest BCUT2D eigenvalue weighted by atomic mass is 35.5. The van der Waals surface area contributed by atoms with E-state index in [4.69, 9.17) is 16.7 Å². The van der Waals surface area contributed by atoms with E-state index in [0.717, 1.165) is 23.4 Å². The van der Waals surface area contributed by atoms with Gasteiger partial charge in [-0.05, 0) is 37.3 Å². The topological polar surface area (TPSA) is 70.5 Å². The van der Waals surface area contributed by atoms with Crippen LogP contribution in [0.2, 0.25) is 5.02 Å². The second kappa shape index (κ2) is 7.97. The highest BCUT2D eigenvalue weighted by Crippen LogP contribution is 2.27. The van der Waals surface area contributed by atoms with Crippen LogP contribution in [-0.4, -0.2) is 40.0 Å². The van der Waals surface area contributed by atoms with Crippen molar-refractivity contribution in [3.8, 4) is 10.6 Å². The van der Waals surface area contributed by atoms with Gasteiger partial charge in [-0.1, -0.05) is 23.7 Å². The van der Waals surface area contributed by atoms with Gasteiger partial charge in [0.05, 0.1) is 0 Å². The van der Waals surface area contributed by atoms with Gasteiger partial charge in [-0.2, -0.15) is 0 Å². The van der Waals surface area contributed by atoms with E-state index in [1.54, 1.807) is 22.4 Å². The standard InChI is InChI=1S/C18H19ClN2O3S/c19-14-6-4-13(5-7-14)17-20-15(11-25-17)18(24)21-9-1-2-12(10-21)3-8-16(22)23/h4-7,11-12H,1-3,8-10H2,(H,22,23). The van der Waals surface area contributed by atoms with Gasteiger partial charge in [0.15, 0.2) is 0 Å². The normalized spacial score (nSPS) is 17.5. The predicted molar refractivity (Wildman–Crippen MR) is 98.1 cm³/mol. The molecule has 2 aromatic rings. The molecule has 0 spiro atoms. The van der Waals surface area contributed by atoms with Crippen LogP contribution < -0.4 is 0 Å². The number of carbonyl (C=O) groups excluding carboxylic acids is 1. The van der Waals surface area contributed by atoms with Crippen molar-refractivity contribution < 1.29 is 14.7 Å². The van der Waals surface area contributed by atoms with Crippen molar-refractivity contribution in [2.45, 2.75) is 25.7 Å². The first-order valence-corrected chi connectivity index (χ1v) is 9.51. The molecule has 0 saturated carbocycles. The number of aliphatic carboxylic acids is 1. The fourth-order valence-electron chi connectivity index (χ4n) is 3.07. The number of rotatable bonds is 5. The van der Waals surface area contributed by atoms with Gasteiger partial charge >= 0.3 is 5.97 Å². The fourth-order valence-corrected chi connectivity index (χ4v) is 4.00. The number of amides is 1. The van der Waals surface area contributed by atoms with E-state index in [9.17, 15) is 9.59 Å². The van der Waals surface area contributed by atoms with E-state index in [0.29, 0.717) is 30.2 Å². The molecule has 1 saturated heterocycles. The minimum atomic E-state index is -0.782. The highest BCUT2D eigenvalue weighted by molar-refractivity contribution is 7.13. The molecule has 132 valence electrons. The molecule has 1 fully saturated rings. The zero-order valence-electron chi connectivity index (χ0n) is 13.7. The molecule has 5 nitrogen and oxygen atoms in total. The van der Waals surface area contributed by atoms with Gasteiger partial charge in [0.1, 0.15) is 10.7 Å². The van der Waals surface area contributed by atoms with Crippen LogP contribution in [0.15, 0.2) is 29.6 Å². The Balaban J connectivity index is 1.66. The number of benzene rings is 1. The first-order chi connectivity index (χ1) is 12.0. The summed E-state index contributed by atoms with van der Waals surface area (Å²) < 4.78 is 0. The lowest BCUT2D eigenvalue weighted by Gasteiger charge is -2.32. The van der Waals surface area contributed by atoms with Crippen LogP contribution in [0.1, 0.15) is 36.2 Å². The molecule has 1 aromatic carbocycles. The number of likely N-dealkylation sites (tertiary alicyclic amines) is 1. The third-order valence-corrected chi connectivity index (χ3v) is 5.53. The number of carboxylic acids is 1. The average Bonchev–Trinajstić information content (AvgIpc) is 3.10. The van der Waals surface area contributed by atoms with Gasteiger partial charge in [-0.3, -0.25) is 9.59 Å². The number of thiazole rings is 1. The first-order valence-electron chi connectivity index (χ1n) is 8.25. The monoisotopic (exact) mass is 378 g/mol. The summed E-state index contributed by atoms with van der Waals surface area (Å²) in [5, 5.41) is 12.1. The Kier molecular flexibility index (Phi) is 5.71. The predicted octanol–water partition coefficient (Wildman–Crippen LogP) is 4.18. The van der Waals surface area contributed by atoms with Crippen molar-refractivity contribution in [2.75, 3.05) is 13.1 Å². The molecule has 1 aromatic heterocycles. The number of carboxylic acid groups (broad SMARTS) is 1. The number of hydrogen-bond acceptors (Lipinski definition) is 4. The molecule has 1 aliphatic rings. The zero-order valence-corrected chi connectivity index (χ0v) is 15.2. The van der Waals surface area contributed by atoms with Crippen molar-refractivity contribution in [1.29, 1.82) is 0 Å². The van der Waals surface area contributed by atoms with E-state index < -0.39 is 5.97 Å². The van der Waals surface area contributed by atoms with E-state index in [2.05, 4.69) is 4.98 Å². The number of piperidine rings is 1. The van der Waals surface area contributed by atoms with E-state index in [-0.39, 0.29) is 18.2 Å². The van der Waals surface area contributed by atoms with Crippen molar-refractivity contribution >= 4 is 34.8 Å². The molecule has 0 aliphatic carbocycles. The number of nitrogens with zero attached hydrogens (tertiary/aromatic N) is 2. The van der Waals surface area contributed by atoms with Gasteiger partial charge in [0.25, 0.3) is 5.91 Å². The van der Waals surface area contributed by atoms with Crippen LogP contribution in [0, 0.1) is 5.92 Å². The largest absolute Gasteiger partial charge is 0.481 e. The highest BCUT2D eigenvalue weighted by Gasteiger charge is 2.26. The van der Waals surface area contributed by atoms with E-state index >= 15 is 0 Å². The summed E-state index contributed by atoms with van der Waals surface area (Å²) in [6.45, 7) is 1.32. The second-order valence-corrected chi connectivity index (χ2v) is 7.53. The molecule has 0 bridgehead atoms. The quantitative estimate of drug-likeness (QED) is 0.847. The summed E-state index contributed by atoms with van der Waals surface area (Å²) in [4.78, 5) is 29.7. The Hall–Kier alpha value is -1.92. The molecule has 1 atom stereocenters.